The van der Waals surface area contributed by atoms with Gasteiger partial charge in [-0.2, -0.15) is 5.26 Å². The summed E-state index contributed by atoms with van der Waals surface area (Å²) in [6.07, 6.45) is -0.805. The van der Waals surface area contributed by atoms with Gasteiger partial charge in [-0.05, 0) is 35.9 Å². The van der Waals surface area contributed by atoms with Crippen molar-refractivity contribution in [1.29, 1.82) is 5.26 Å². The summed E-state index contributed by atoms with van der Waals surface area (Å²) in [6.45, 7) is 0.195. The van der Waals surface area contributed by atoms with Crippen molar-refractivity contribution in [2.24, 2.45) is 0 Å². The van der Waals surface area contributed by atoms with Gasteiger partial charge in [-0.3, -0.25) is 0 Å². The van der Waals surface area contributed by atoms with Crippen LogP contribution >= 0.6 is 11.6 Å². The Labute approximate surface area is 121 Å². The van der Waals surface area contributed by atoms with E-state index in [1.807, 2.05) is 6.07 Å². The van der Waals surface area contributed by atoms with E-state index in [9.17, 15) is 9.50 Å². The summed E-state index contributed by atoms with van der Waals surface area (Å²) >= 11 is 5.87. The van der Waals surface area contributed by atoms with Gasteiger partial charge in [-0.25, -0.2) is 4.39 Å². The van der Waals surface area contributed by atoms with Crippen molar-refractivity contribution < 1.29 is 9.50 Å². The molecule has 0 bridgehead atoms. The van der Waals surface area contributed by atoms with Crippen LogP contribution in [0, 0.1) is 17.1 Å². The first-order valence-corrected chi connectivity index (χ1v) is 6.35. The van der Waals surface area contributed by atoms with Crippen molar-refractivity contribution in [1.82, 2.24) is 0 Å². The van der Waals surface area contributed by atoms with Gasteiger partial charge in [-0.15, -0.1) is 0 Å². The third kappa shape index (κ3) is 3.47. The molecule has 0 aliphatic rings. The molecule has 102 valence electrons. The molecule has 0 saturated heterocycles. The van der Waals surface area contributed by atoms with E-state index in [0.717, 1.165) is 0 Å². The smallest absolute Gasteiger partial charge is 0.123 e. The predicted molar refractivity (Wildman–Crippen MR) is 76.0 cm³/mol. The highest BCUT2D eigenvalue weighted by Gasteiger charge is 2.09. The normalized spacial score (nSPS) is 11.7. The highest BCUT2D eigenvalue weighted by Crippen LogP contribution is 2.22. The number of hydrogen-bond donors (Lipinski definition) is 2. The van der Waals surface area contributed by atoms with Crippen LogP contribution in [0.1, 0.15) is 17.2 Å². The highest BCUT2D eigenvalue weighted by atomic mass is 35.5. The maximum atomic E-state index is 12.8. The van der Waals surface area contributed by atoms with Crippen LogP contribution in [0.3, 0.4) is 0 Å². The van der Waals surface area contributed by atoms with Gasteiger partial charge in [-0.1, -0.05) is 23.7 Å². The highest BCUT2D eigenvalue weighted by molar-refractivity contribution is 6.30. The molecule has 2 rings (SSSR count). The van der Waals surface area contributed by atoms with Crippen molar-refractivity contribution in [2.75, 3.05) is 11.9 Å². The first-order chi connectivity index (χ1) is 9.60. The molecule has 2 aromatic carbocycles. The summed E-state index contributed by atoms with van der Waals surface area (Å²) < 4.78 is 12.8. The van der Waals surface area contributed by atoms with Crippen molar-refractivity contribution in [3.63, 3.8) is 0 Å². The Hall–Kier alpha value is -2.09. The monoisotopic (exact) mass is 290 g/mol. The Bertz CT molecular complexity index is 637. The number of hydrogen-bond acceptors (Lipinski definition) is 3. The summed E-state index contributed by atoms with van der Waals surface area (Å²) in [5.74, 6) is -0.351. The van der Waals surface area contributed by atoms with E-state index in [-0.39, 0.29) is 12.4 Å². The minimum Gasteiger partial charge on any atom is -0.387 e. The average Bonchev–Trinajstić information content (AvgIpc) is 2.45. The van der Waals surface area contributed by atoms with Crippen molar-refractivity contribution in [2.45, 2.75) is 6.10 Å². The Morgan fingerprint density at radius 3 is 2.60 bits per heavy atom. The number of benzene rings is 2. The van der Waals surface area contributed by atoms with Crippen LogP contribution in [0.5, 0.6) is 0 Å². The molecule has 1 atom stereocenters. The second kappa shape index (κ2) is 6.38. The molecule has 0 aliphatic heterocycles. The molecule has 0 spiro atoms. The van der Waals surface area contributed by atoms with Gasteiger partial charge >= 0.3 is 0 Å². The molecule has 0 saturated carbocycles. The molecular formula is C15H12ClFN2O. The lowest BCUT2D eigenvalue weighted by molar-refractivity contribution is 0.191. The number of nitrogens with zero attached hydrogens (tertiary/aromatic N) is 1. The van der Waals surface area contributed by atoms with Gasteiger partial charge in [0.05, 0.1) is 17.4 Å². The molecule has 5 heteroatoms. The minimum atomic E-state index is -0.805. The molecule has 0 heterocycles. The van der Waals surface area contributed by atoms with Crippen LogP contribution in [0.4, 0.5) is 10.1 Å². The quantitative estimate of drug-likeness (QED) is 0.906. The maximum Gasteiger partial charge on any atom is 0.123 e. The number of anilines is 1. The summed E-state index contributed by atoms with van der Waals surface area (Å²) in [4.78, 5) is 0. The lowest BCUT2D eigenvalue weighted by Crippen LogP contribution is -2.12. The summed E-state index contributed by atoms with van der Waals surface area (Å²) in [5.41, 5.74) is 1.60. The molecule has 3 nitrogen and oxygen atoms in total. The van der Waals surface area contributed by atoms with Gasteiger partial charge in [0.1, 0.15) is 11.9 Å². The van der Waals surface area contributed by atoms with E-state index in [2.05, 4.69) is 5.32 Å². The van der Waals surface area contributed by atoms with Gasteiger partial charge in [0.25, 0.3) is 0 Å². The fourth-order valence-electron chi connectivity index (χ4n) is 1.77. The zero-order valence-electron chi connectivity index (χ0n) is 10.5. The Morgan fingerprint density at radius 2 is 1.95 bits per heavy atom. The SMILES string of the molecule is N#Cc1ccc(Cl)cc1NCC(O)c1ccc(F)cc1. The third-order valence-corrected chi connectivity index (χ3v) is 3.08. The van der Waals surface area contributed by atoms with E-state index in [4.69, 9.17) is 16.9 Å². The van der Waals surface area contributed by atoms with Crippen molar-refractivity contribution in [3.05, 3.63) is 64.4 Å². The van der Waals surface area contributed by atoms with Crippen LogP contribution in [-0.4, -0.2) is 11.7 Å². The molecule has 0 radical (unpaired) electrons. The van der Waals surface area contributed by atoms with E-state index < -0.39 is 6.10 Å². The van der Waals surface area contributed by atoms with Gasteiger partial charge in [0.15, 0.2) is 0 Å². The molecule has 0 aliphatic carbocycles. The standard InChI is InChI=1S/C15H12ClFN2O/c16-12-4-1-11(8-18)14(7-12)19-9-15(20)10-2-5-13(17)6-3-10/h1-7,15,19-20H,9H2. The first kappa shape index (κ1) is 14.3. The third-order valence-electron chi connectivity index (χ3n) is 2.84. The van der Waals surface area contributed by atoms with Crippen molar-refractivity contribution >= 4 is 17.3 Å². The molecular weight excluding hydrogens is 279 g/mol. The molecule has 0 aromatic heterocycles. The van der Waals surface area contributed by atoms with Crippen LogP contribution < -0.4 is 5.32 Å². The van der Waals surface area contributed by atoms with Gasteiger partial charge in [0, 0.05) is 11.6 Å². The van der Waals surface area contributed by atoms with Crippen LogP contribution in [0.15, 0.2) is 42.5 Å². The lowest BCUT2D eigenvalue weighted by atomic mass is 10.1. The maximum absolute atomic E-state index is 12.8. The van der Waals surface area contributed by atoms with Crippen LogP contribution in [-0.2, 0) is 0 Å². The Morgan fingerprint density at radius 1 is 1.25 bits per heavy atom. The summed E-state index contributed by atoms with van der Waals surface area (Å²) in [5, 5.41) is 22.5. The largest absolute Gasteiger partial charge is 0.387 e. The Balaban J connectivity index is 2.07. The topological polar surface area (TPSA) is 56.0 Å². The van der Waals surface area contributed by atoms with Gasteiger partial charge in [0.2, 0.25) is 0 Å². The zero-order valence-corrected chi connectivity index (χ0v) is 11.2. The minimum absolute atomic E-state index is 0.195. The number of nitriles is 1. The second-order valence-electron chi connectivity index (χ2n) is 4.25. The number of halogens is 2. The van der Waals surface area contributed by atoms with E-state index in [0.29, 0.717) is 21.8 Å². The number of nitrogens with one attached hydrogen (secondary N) is 1. The molecule has 2 aromatic rings. The number of aliphatic hydroxyl groups is 1. The van der Waals surface area contributed by atoms with Crippen LogP contribution in [0.2, 0.25) is 5.02 Å². The number of aliphatic hydroxyl groups excluding tert-OH is 1. The first-order valence-electron chi connectivity index (χ1n) is 5.97. The fraction of sp³-hybridized carbons (Fsp3) is 0.133. The van der Waals surface area contributed by atoms with E-state index in [1.54, 1.807) is 18.2 Å². The summed E-state index contributed by atoms with van der Waals surface area (Å²) in [7, 11) is 0. The number of rotatable bonds is 4. The lowest BCUT2D eigenvalue weighted by Gasteiger charge is -2.14. The molecule has 0 fully saturated rings. The second-order valence-corrected chi connectivity index (χ2v) is 4.69. The zero-order chi connectivity index (χ0) is 14.5. The molecule has 0 amide bonds. The Kier molecular flexibility index (Phi) is 4.57. The molecule has 2 N–H and O–H groups in total. The van der Waals surface area contributed by atoms with Gasteiger partial charge < -0.3 is 10.4 Å². The van der Waals surface area contributed by atoms with E-state index in [1.165, 1.54) is 24.3 Å². The molecule has 20 heavy (non-hydrogen) atoms. The average molecular weight is 291 g/mol. The van der Waals surface area contributed by atoms with Crippen LogP contribution in [0.25, 0.3) is 0 Å². The summed E-state index contributed by atoms with van der Waals surface area (Å²) in [6, 6.07) is 12.5. The molecule has 1 unspecified atom stereocenters. The predicted octanol–water partition coefficient (Wildman–Crippen LogP) is 3.50. The fourth-order valence-corrected chi connectivity index (χ4v) is 1.94. The van der Waals surface area contributed by atoms with Crippen molar-refractivity contribution in [3.8, 4) is 6.07 Å². The van der Waals surface area contributed by atoms with E-state index >= 15 is 0 Å².